The molecule has 4 heteroatoms. The van der Waals surface area contributed by atoms with Crippen LogP contribution >= 0.6 is 27.3 Å². The van der Waals surface area contributed by atoms with Crippen molar-refractivity contribution in [3.8, 4) is 0 Å². The summed E-state index contributed by atoms with van der Waals surface area (Å²) in [7, 11) is 0. The highest BCUT2D eigenvalue weighted by Crippen LogP contribution is 2.34. The molecule has 2 aromatic heterocycles. The van der Waals surface area contributed by atoms with Gasteiger partial charge < -0.3 is 9.73 Å². The molecule has 98 valence electrons. The lowest BCUT2D eigenvalue weighted by Gasteiger charge is -2.15. The van der Waals surface area contributed by atoms with Crippen molar-refractivity contribution >= 4 is 27.3 Å². The molecule has 0 amide bonds. The standard InChI is InChI=1S/C14H18BrNOS/c1-4-5-16-13(11-7-10(3)17-8-11)12-6-9(2)14(15)18-12/h6-8,13,16H,4-5H2,1-3H3. The third kappa shape index (κ3) is 3.05. The number of rotatable bonds is 5. The molecule has 0 aliphatic heterocycles. The van der Waals surface area contributed by atoms with Crippen molar-refractivity contribution in [1.29, 1.82) is 0 Å². The van der Waals surface area contributed by atoms with E-state index in [4.69, 9.17) is 4.42 Å². The van der Waals surface area contributed by atoms with Crippen LogP contribution in [0.3, 0.4) is 0 Å². The van der Waals surface area contributed by atoms with Crippen molar-refractivity contribution in [2.75, 3.05) is 6.54 Å². The third-order valence-electron chi connectivity index (χ3n) is 2.84. The second-order valence-electron chi connectivity index (χ2n) is 4.48. The number of hydrogen-bond donors (Lipinski definition) is 1. The van der Waals surface area contributed by atoms with Crippen LogP contribution in [0.25, 0.3) is 0 Å². The zero-order chi connectivity index (χ0) is 13.1. The molecule has 2 rings (SSSR count). The largest absolute Gasteiger partial charge is 0.469 e. The molecule has 0 aliphatic carbocycles. The normalized spacial score (nSPS) is 12.9. The molecule has 1 unspecified atom stereocenters. The number of hydrogen-bond acceptors (Lipinski definition) is 3. The predicted molar refractivity (Wildman–Crippen MR) is 80.3 cm³/mol. The van der Waals surface area contributed by atoms with Gasteiger partial charge in [-0.2, -0.15) is 0 Å². The molecule has 18 heavy (non-hydrogen) atoms. The van der Waals surface area contributed by atoms with E-state index in [0.29, 0.717) is 0 Å². The fourth-order valence-corrected chi connectivity index (χ4v) is 3.59. The first-order valence-corrected chi connectivity index (χ1v) is 7.77. The molecule has 2 aromatic rings. The number of nitrogens with one attached hydrogen (secondary N) is 1. The second kappa shape index (κ2) is 6.04. The zero-order valence-corrected chi connectivity index (χ0v) is 13.3. The summed E-state index contributed by atoms with van der Waals surface area (Å²) in [6.07, 6.45) is 2.98. The lowest BCUT2D eigenvalue weighted by molar-refractivity contribution is 0.524. The smallest absolute Gasteiger partial charge is 0.101 e. The van der Waals surface area contributed by atoms with E-state index in [0.717, 1.165) is 18.7 Å². The maximum Gasteiger partial charge on any atom is 0.101 e. The maximum atomic E-state index is 5.44. The van der Waals surface area contributed by atoms with Gasteiger partial charge in [-0.15, -0.1) is 11.3 Å². The lowest BCUT2D eigenvalue weighted by Crippen LogP contribution is -2.21. The molecule has 0 fully saturated rings. The molecule has 0 saturated heterocycles. The van der Waals surface area contributed by atoms with Gasteiger partial charge in [0.15, 0.2) is 0 Å². The Balaban J connectivity index is 2.30. The highest BCUT2D eigenvalue weighted by molar-refractivity contribution is 9.11. The van der Waals surface area contributed by atoms with Crippen LogP contribution in [0.15, 0.2) is 26.6 Å². The van der Waals surface area contributed by atoms with Crippen molar-refractivity contribution in [1.82, 2.24) is 5.32 Å². The quantitative estimate of drug-likeness (QED) is 0.852. The Labute approximate surface area is 121 Å². The fourth-order valence-electron chi connectivity index (χ4n) is 1.91. The van der Waals surface area contributed by atoms with Gasteiger partial charge in [0.05, 0.1) is 16.1 Å². The molecule has 1 N–H and O–H groups in total. The predicted octanol–water partition coefficient (Wildman–Crippen LogP) is 4.81. The van der Waals surface area contributed by atoms with E-state index in [1.807, 2.05) is 13.2 Å². The van der Waals surface area contributed by atoms with E-state index in [1.165, 1.54) is 19.8 Å². The van der Waals surface area contributed by atoms with E-state index in [9.17, 15) is 0 Å². The van der Waals surface area contributed by atoms with Gasteiger partial charge in [0.2, 0.25) is 0 Å². The van der Waals surface area contributed by atoms with Crippen molar-refractivity contribution < 1.29 is 4.42 Å². The SMILES string of the molecule is CCCNC(c1coc(C)c1)c1cc(C)c(Br)s1. The Morgan fingerprint density at radius 3 is 2.67 bits per heavy atom. The van der Waals surface area contributed by atoms with Crippen LogP contribution in [-0.2, 0) is 0 Å². The van der Waals surface area contributed by atoms with Crippen LogP contribution < -0.4 is 5.32 Å². The molecule has 0 saturated carbocycles. The summed E-state index contributed by atoms with van der Waals surface area (Å²) in [5, 5.41) is 3.59. The van der Waals surface area contributed by atoms with Crippen LogP contribution in [0.1, 0.15) is 41.2 Å². The van der Waals surface area contributed by atoms with Gasteiger partial charge in [-0.05, 0) is 60.4 Å². The topological polar surface area (TPSA) is 25.2 Å². The van der Waals surface area contributed by atoms with Crippen LogP contribution in [0.4, 0.5) is 0 Å². The fraction of sp³-hybridized carbons (Fsp3) is 0.429. The number of halogens is 1. The molecule has 2 nitrogen and oxygen atoms in total. The summed E-state index contributed by atoms with van der Waals surface area (Å²) in [6, 6.07) is 4.58. The van der Waals surface area contributed by atoms with Crippen molar-refractivity contribution in [3.05, 3.63) is 43.9 Å². The molecule has 0 spiro atoms. The molecular formula is C14H18BrNOS. The van der Waals surface area contributed by atoms with Crippen LogP contribution in [0, 0.1) is 13.8 Å². The van der Waals surface area contributed by atoms with Gasteiger partial charge >= 0.3 is 0 Å². The molecular weight excluding hydrogens is 310 g/mol. The van der Waals surface area contributed by atoms with Gasteiger partial charge in [-0.3, -0.25) is 0 Å². The highest BCUT2D eigenvalue weighted by Gasteiger charge is 2.18. The van der Waals surface area contributed by atoms with Gasteiger partial charge in [-0.1, -0.05) is 6.92 Å². The van der Waals surface area contributed by atoms with Gasteiger partial charge in [-0.25, -0.2) is 0 Å². The zero-order valence-electron chi connectivity index (χ0n) is 10.9. The Hall–Kier alpha value is -0.580. The summed E-state index contributed by atoms with van der Waals surface area (Å²) >= 11 is 5.39. The second-order valence-corrected chi connectivity index (χ2v) is 6.88. The minimum atomic E-state index is 0.234. The summed E-state index contributed by atoms with van der Waals surface area (Å²) < 4.78 is 6.65. The van der Waals surface area contributed by atoms with E-state index in [2.05, 4.69) is 47.2 Å². The van der Waals surface area contributed by atoms with Crippen molar-refractivity contribution in [2.24, 2.45) is 0 Å². The minimum absolute atomic E-state index is 0.234. The number of aryl methyl sites for hydroxylation is 2. The molecule has 0 aliphatic rings. The van der Waals surface area contributed by atoms with E-state index < -0.39 is 0 Å². The third-order valence-corrected chi connectivity index (χ3v) is 5.04. The Morgan fingerprint density at radius 2 is 2.17 bits per heavy atom. The van der Waals surface area contributed by atoms with Crippen LogP contribution in [0.5, 0.6) is 0 Å². The van der Waals surface area contributed by atoms with Gasteiger partial charge in [0, 0.05) is 10.4 Å². The molecule has 1 atom stereocenters. The first kappa shape index (κ1) is 13.8. The first-order valence-electron chi connectivity index (χ1n) is 6.16. The average Bonchev–Trinajstić information content (AvgIpc) is 2.88. The summed E-state index contributed by atoms with van der Waals surface area (Å²) in [5.74, 6) is 0.959. The lowest BCUT2D eigenvalue weighted by atomic mass is 10.1. The Morgan fingerprint density at radius 1 is 1.39 bits per heavy atom. The minimum Gasteiger partial charge on any atom is -0.469 e. The van der Waals surface area contributed by atoms with Crippen LogP contribution in [-0.4, -0.2) is 6.54 Å². The van der Waals surface area contributed by atoms with Crippen molar-refractivity contribution in [2.45, 2.75) is 33.2 Å². The summed E-state index contributed by atoms with van der Waals surface area (Å²) in [6.45, 7) is 7.29. The summed E-state index contributed by atoms with van der Waals surface area (Å²) in [5.41, 5.74) is 2.49. The molecule has 0 bridgehead atoms. The monoisotopic (exact) mass is 327 g/mol. The average molecular weight is 328 g/mol. The van der Waals surface area contributed by atoms with E-state index >= 15 is 0 Å². The summed E-state index contributed by atoms with van der Waals surface area (Å²) in [4.78, 5) is 1.33. The van der Waals surface area contributed by atoms with E-state index in [-0.39, 0.29) is 6.04 Å². The molecule has 2 heterocycles. The Kier molecular flexibility index (Phi) is 4.65. The van der Waals surface area contributed by atoms with Gasteiger partial charge in [0.1, 0.15) is 5.76 Å². The molecule has 0 radical (unpaired) electrons. The highest BCUT2D eigenvalue weighted by atomic mass is 79.9. The Bertz CT molecular complexity index is 498. The number of furan rings is 1. The maximum absolute atomic E-state index is 5.44. The first-order chi connectivity index (χ1) is 8.61. The van der Waals surface area contributed by atoms with Crippen LogP contribution in [0.2, 0.25) is 0 Å². The molecule has 0 aromatic carbocycles. The van der Waals surface area contributed by atoms with E-state index in [1.54, 1.807) is 11.3 Å². The van der Waals surface area contributed by atoms with Gasteiger partial charge in [0.25, 0.3) is 0 Å². The number of thiophene rings is 1. The van der Waals surface area contributed by atoms with Crippen molar-refractivity contribution in [3.63, 3.8) is 0 Å².